The highest BCUT2D eigenvalue weighted by Crippen LogP contribution is 2.22. The molecule has 0 spiro atoms. The van der Waals surface area contributed by atoms with Crippen LogP contribution in [0.5, 0.6) is 0 Å². The molecule has 0 rings (SSSR count). The molecule has 0 saturated carbocycles. The molecular formula is C105H202N6O19. The molecule has 0 unspecified atom stereocenters. The first-order valence-corrected chi connectivity index (χ1v) is 54.0. The van der Waals surface area contributed by atoms with Crippen LogP contribution >= 0.6 is 0 Å². The van der Waals surface area contributed by atoms with Gasteiger partial charge in [0.15, 0.2) is 0 Å². The van der Waals surface area contributed by atoms with Gasteiger partial charge in [-0.25, -0.2) is 0 Å². The number of ether oxygens (including phenoxy) is 11. The number of nitrogens with one attached hydrogen (secondary N) is 6. The zero-order chi connectivity index (χ0) is 94.1. The summed E-state index contributed by atoms with van der Waals surface area (Å²) in [4.78, 5) is 103. The van der Waals surface area contributed by atoms with Crippen molar-refractivity contribution in [2.45, 2.75) is 432 Å². The fourth-order valence-corrected chi connectivity index (χ4v) is 15.6. The average Bonchev–Trinajstić information content (AvgIpc) is 0.923. The number of unbranched alkanes of at least 4 members (excludes halogenated alkanes) is 43. The summed E-state index contributed by atoms with van der Waals surface area (Å²) < 4.78 is 61.9. The number of ketones is 2. The number of hydrogen-bond acceptors (Lipinski definition) is 19. The standard InChI is InChI=1S/C105H202N6O19/c1-5-9-13-17-21-25-29-33-37-41-45-49-63-101(115)107-67-53-51-59-97(95-99(113)61-47-43-39-35-31-27-23-19-15-11-7-3)105(119)111-71-57-75-123-81-87-127-85-79-121-73-55-69-109-103(117)65-77-125-83-89-129-91-93-130-92-90-128-88-82-124-76-64-102(116)108-68-54-72-120-78-84-126-86-80-122-74-56-70-110-104(118)96(94-98(112)60-46-42-38-34-30-26-22-18-14-10-6-2)58-50-52-66-106-100(114)62-48-44-40-36-32-28-24-20-16-12-8-4/h96-97H,5-95H2,1-4H3,(H,106,114)(H,107,115)(H,108,116)(H,109,117)(H,110,118)(H,111,119)/t96-,97-/m0/s1. The molecule has 766 valence electrons. The molecular weight excluding hydrogens is 1650 g/mol. The first kappa shape index (κ1) is 126. The second-order valence-corrected chi connectivity index (χ2v) is 36.0. The molecule has 0 heterocycles. The van der Waals surface area contributed by atoms with Crippen molar-refractivity contribution in [2.24, 2.45) is 11.8 Å². The Bertz CT molecular complexity index is 2440. The van der Waals surface area contributed by atoms with Crippen molar-refractivity contribution >= 4 is 47.0 Å². The van der Waals surface area contributed by atoms with E-state index in [-0.39, 0.29) is 84.5 Å². The molecule has 0 aliphatic carbocycles. The maximum atomic E-state index is 13.4. The van der Waals surface area contributed by atoms with E-state index in [0.29, 0.717) is 249 Å². The second-order valence-electron chi connectivity index (χ2n) is 36.0. The molecule has 130 heavy (non-hydrogen) atoms. The summed E-state index contributed by atoms with van der Waals surface area (Å²) in [6.07, 6.45) is 66.4. The van der Waals surface area contributed by atoms with Crippen LogP contribution < -0.4 is 31.9 Å². The van der Waals surface area contributed by atoms with Crippen LogP contribution in [0.3, 0.4) is 0 Å². The fraction of sp³-hybridized carbons (Fsp3) is 0.924. The maximum Gasteiger partial charge on any atom is 0.223 e. The first-order chi connectivity index (χ1) is 64.0. The third-order valence-electron chi connectivity index (χ3n) is 23.7. The number of carbonyl (C=O) groups is 8. The van der Waals surface area contributed by atoms with E-state index in [4.69, 9.17) is 52.1 Å². The summed E-state index contributed by atoms with van der Waals surface area (Å²) >= 11 is 0. The van der Waals surface area contributed by atoms with Gasteiger partial charge in [0.1, 0.15) is 11.6 Å². The number of Topliss-reactive ketones (excluding diaryl/α,β-unsaturated/α-hetero) is 2. The van der Waals surface area contributed by atoms with Crippen LogP contribution in [0.2, 0.25) is 0 Å². The van der Waals surface area contributed by atoms with Crippen molar-refractivity contribution in [1.29, 1.82) is 0 Å². The molecule has 0 saturated heterocycles. The summed E-state index contributed by atoms with van der Waals surface area (Å²) in [5, 5.41) is 18.1. The zero-order valence-electron chi connectivity index (χ0n) is 84.3. The van der Waals surface area contributed by atoms with Crippen molar-refractivity contribution < 1.29 is 90.5 Å². The van der Waals surface area contributed by atoms with Gasteiger partial charge in [-0.15, -0.1) is 0 Å². The van der Waals surface area contributed by atoms with Crippen molar-refractivity contribution in [2.75, 3.05) is 185 Å². The molecule has 0 aliphatic heterocycles. The highest BCUT2D eigenvalue weighted by molar-refractivity contribution is 5.87. The molecule has 6 amide bonds. The van der Waals surface area contributed by atoms with E-state index in [2.05, 4.69) is 59.6 Å². The Labute approximate surface area is 794 Å². The van der Waals surface area contributed by atoms with E-state index in [0.717, 1.165) is 89.9 Å². The van der Waals surface area contributed by atoms with Gasteiger partial charge in [0, 0.05) is 129 Å². The lowest BCUT2D eigenvalue weighted by molar-refractivity contribution is -0.129. The monoisotopic (exact) mass is 1850 g/mol. The largest absolute Gasteiger partial charge is 0.379 e. The molecule has 6 N–H and O–H groups in total. The van der Waals surface area contributed by atoms with Crippen LogP contribution in [0, 0.1) is 11.8 Å². The van der Waals surface area contributed by atoms with Crippen LogP contribution in [0.25, 0.3) is 0 Å². The number of rotatable bonds is 111. The second kappa shape index (κ2) is 107. The van der Waals surface area contributed by atoms with Gasteiger partial charge < -0.3 is 84.0 Å². The van der Waals surface area contributed by atoms with Gasteiger partial charge in [0.25, 0.3) is 0 Å². The minimum absolute atomic E-state index is 0.0739. The van der Waals surface area contributed by atoms with Crippen LogP contribution in [0.4, 0.5) is 0 Å². The summed E-state index contributed by atoms with van der Waals surface area (Å²) in [6.45, 7) is 21.3. The van der Waals surface area contributed by atoms with E-state index in [1.165, 1.54) is 225 Å². The molecule has 25 nitrogen and oxygen atoms in total. The Morgan fingerprint density at radius 1 is 0.169 bits per heavy atom. The van der Waals surface area contributed by atoms with Gasteiger partial charge in [-0.2, -0.15) is 0 Å². The van der Waals surface area contributed by atoms with E-state index in [9.17, 15) is 38.4 Å². The molecule has 0 aliphatic rings. The molecule has 0 fully saturated rings. The normalized spacial score (nSPS) is 11.9. The lowest BCUT2D eigenvalue weighted by atomic mass is 9.93. The molecule has 0 radical (unpaired) electrons. The van der Waals surface area contributed by atoms with Gasteiger partial charge >= 0.3 is 0 Å². The highest BCUT2D eigenvalue weighted by atomic mass is 16.6. The molecule has 0 aromatic heterocycles. The summed E-state index contributed by atoms with van der Waals surface area (Å²) in [5.74, 6) is -0.506. The van der Waals surface area contributed by atoms with Crippen molar-refractivity contribution in [3.05, 3.63) is 0 Å². The third-order valence-corrected chi connectivity index (χ3v) is 23.7. The molecule has 25 heteroatoms. The van der Waals surface area contributed by atoms with Gasteiger partial charge in [0.05, 0.1) is 119 Å². The van der Waals surface area contributed by atoms with Crippen LogP contribution in [0.15, 0.2) is 0 Å². The SMILES string of the molecule is CCCCCCCCCCCCCCC(=O)NCCCC[C@@H](CC(=O)CCCCCCCCCCCCC)C(=O)NCCCOCCOCCOCCCNC(=O)CCOCCOCCOCCOCCOCCC(=O)NCCCOCCOCCOCCCNC(=O)[C@@H](CCCCNC(=O)CCCCCCCCCCCCC)CC(=O)CCCCCCCCCCCCC. The Kier molecular flexibility index (Phi) is 103. The Morgan fingerprint density at radius 2 is 0.346 bits per heavy atom. The van der Waals surface area contributed by atoms with Crippen molar-refractivity contribution in [3.8, 4) is 0 Å². The maximum absolute atomic E-state index is 13.4. The third kappa shape index (κ3) is 99.7. The van der Waals surface area contributed by atoms with E-state index in [1.54, 1.807) is 0 Å². The summed E-state index contributed by atoms with van der Waals surface area (Å²) in [6, 6.07) is 0. The minimum atomic E-state index is -0.369. The topological polar surface area (TPSA) is 310 Å². The van der Waals surface area contributed by atoms with E-state index < -0.39 is 0 Å². The smallest absolute Gasteiger partial charge is 0.223 e. The molecule has 0 bridgehead atoms. The van der Waals surface area contributed by atoms with Gasteiger partial charge in [-0.1, -0.05) is 304 Å². The Hall–Kier alpha value is -4.28. The average molecular weight is 1850 g/mol. The molecule has 2 atom stereocenters. The van der Waals surface area contributed by atoms with Crippen molar-refractivity contribution in [1.82, 2.24) is 31.9 Å². The number of amides is 6. The lowest BCUT2D eigenvalue weighted by Crippen LogP contribution is -2.33. The Morgan fingerprint density at radius 3 is 0.577 bits per heavy atom. The summed E-state index contributed by atoms with van der Waals surface area (Å²) in [5.41, 5.74) is 0. The predicted octanol–water partition coefficient (Wildman–Crippen LogP) is 20.9. The van der Waals surface area contributed by atoms with Crippen molar-refractivity contribution in [3.63, 3.8) is 0 Å². The molecule has 0 aromatic carbocycles. The van der Waals surface area contributed by atoms with Crippen LogP contribution in [-0.2, 0) is 90.5 Å². The molecule has 0 aromatic rings. The lowest BCUT2D eigenvalue weighted by Gasteiger charge is -2.17. The quantitative estimate of drug-likeness (QED) is 0.0308. The Balaban J connectivity index is 3.96. The number of carbonyl (C=O) groups excluding carboxylic acids is 8. The van der Waals surface area contributed by atoms with Gasteiger partial charge in [-0.05, 0) is 77.0 Å². The van der Waals surface area contributed by atoms with Gasteiger partial charge in [-0.3, -0.25) is 38.4 Å². The summed E-state index contributed by atoms with van der Waals surface area (Å²) in [7, 11) is 0. The predicted molar refractivity (Wildman–Crippen MR) is 528 cm³/mol. The first-order valence-electron chi connectivity index (χ1n) is 54.0. The fourth-order valence-electron chi connectivity index (χ4n) is 15.6. The minimum Gasteiger partial charge on any atom is -0.379 e. The van der Waals surface area contributed by atoms with E-state index >= 15 is 0 Å². The van der Waals surface area contributed by atoms with Crippen LogP contribution in [-0.4, -0.2) is 232 Å². The number of hydrogen-bond donors (Lipinski definition) is 6. The van der Waals surface area contributed by atoms with Gasteiger partial charge in [0.2, 0.25) is 35.4 Å². The van der Waals surface area contributed by atoms with E-state index in [1.807, 2.05) is 0 Å². The van der Waals surface area contributed by atoms with Crippen LogP contribution in [0.1, 0.15) is 432 Å². The zero-order valence-corrected chi connectivity index (χ0v) is 84.3. The highest BCUT2D eigenvalue weighted by Gasteiger charge is 2.24.